The summed E-state index contributed by atoms with van der Waals surface area (Å²) in [6.07, 6.45) is 1.07. The van der Waals surface area contributed by atoms with E-state index < -0.39 is 40.1 Å². The molecule has 0 unspecified atom stereocenters. The zero-order valence-corrected chi connectivity index (χ0v) is 27.3. The van der Waals surface area contributed by atoms with E-state index in [2.05, 4.69) is 15.8 Å². The Labute approximate surface area is 284 Å². The van der Waals surface area contributed by atoms with Gasteiger partial charge in [-0.2, -0.15) is 5.10 Å². The summed E-state index contributed by atoms with van der Waals surface area (Å²) in [7, 11) is 5.61. The van der Waals surface area contributed by atoms with Crippen molar-refractivity contribution in [1.82, 2.24) is 5.43 Å². The molecule has 0 aliphatic heterocycles. The third kappa shape index (κ3) is 8.48. The molecule has 0 bridgehead atoms. The van der Waals surface area contributed by atoms with Gasteiger partial charge in [0, 0.05) is 35.4 Å². The van der Waals surface area contributed by atoms with E-state index in [-0.39, 0.29) is 33.8 Å². The number of methoxy groups -OCH3 is 4. The number of esters is 2. The van der Waals surface area contributed by atoms with E-state index in [4.69, 9.17) is 28.4 Å². The lowest BCUT2D eigenvalue weighted by molar-refractivity contribution is -0.385. The number of nitro benzene ring substituents is 1. The van der Waals surface area contributed by atoms with Gasteiger partial charge in [-0.25, -0.2) is 10.2 Å². The normalized spacial score (nSPS) is 10.5. The van der Waals surface area contributed by atoms with Crippen molar-refractivity contribution < 1.29 is 52.5 Å². The van der Waals surface area contributed by atoms with Crippen molar-refractivity contribution in [3.05, 3.63) is 105 Å². The van der Waals surface area contributed by atoms with E-state index >= 15 is 0 Å². The molecular formula is C34H30N4O12. The number of carbonyl (C=O) groups is 4. The van der Waals surface area contributed by atoms with Crippen LogP contribution in [0, 0.1) is 10.1 Å². The molecule has 0 saturated carbocycles. The van der Waals surface area contributed by atoms with Crippen molar-refractivity contribution in [2.24, 2.45) is 5.10 Å². The number of hydrazone groups is 1. The van der Waals surface area contributed by atoms with Gasteiger partial charge in [0.05, 0.1) is 45.1 Å². The highest BCUT2D eigenvalue weighted by Crippen LogP contribution is 2.38. The molecule has 0 aliphatic carbocycles. The van der Waals surface area contributed by atoms with Crippen LogP contribution in [-0.2, 0) is 4.79 Å². The standard InChI is InChI=1S/C34H30N4O12/c1-19(39)49-26-14-11-21(15-27(26)45-2)34(42)50-30-22(7-6-8-25(30)38(43)44)18-35-37-33(41)20-9-12-24(13-10-20)36-32(40)23-16-28(46-3)31(48-5)29(17-23)47-4/h6-18H,1-5H3,(H,36,40)(H,37,41)/b35-18+. The number of amides is 2. The van der Waals surface area contributed by atoms with Crippen LogP contribution in [0.3, 0.4) is 0 Å². The van der Waals surface area contributed by atoms with Gasteiger partial charge in [0.2, 0.25) is 11.5 Å². The smallest absolute Gasteiger partial charge is 0.343 e. The van der Waals surface area contributed by atoms with Gasteiger partial charge in [-0.1, -0.05) is 6.07 Å². The second-order valence-electron chi connectivity index (χ2n) is 9.95. The molecule has 4 rings (SSSR count). The SMILES string of the molecule is COc1cc(C(=O)Oc2c(/C=N/NC(=O)c3ccc(NC(=O)c4cc(OC)c(OC)c(OC)c4)cc3)cccc2[N+](=O)[O-])ccc1OC(C)=O. The minimum absolute atomic E-state index is 0.00111. The molecule has 0 heterocycles. The Hall–Kier alpha value is -6.97. The van der Waals surface area contributed by atoms with E-state index in [1.54, 1.807) is 0 Å². The molecule has 0 aromatic heterocycles. The molecule has 50 heavy (non-hydrogen) atoms. The summed E-state index contributed by atoms with van der Waals surface area (Å²) >= 11 is 0. The summed E-state index contributed by atoms with van der Waals surface area (Å²) in [6.45, 7) is 1.20. The van der Waals surface area contributed by atoms with Crippen LogP contribution in [0.5, 0.6) is 34.5 Å². The second kappa shape index (κ2) is 16.2. The molecule has 0 radical (unpaired) electrons. The molecule has 2 amide bonds. The van der Waals surface area contributed by atoms with Gasteiger partial charge in [0.25, 0.3) is 11.8 Å². The maximum absolute atomic E-state index is 13.0. The predicted octanol–water partition coefficient (Wildman–Crippen LogP) is 4.79. The monoisotopic (exact) mass is 686 g/mol. The number of hydrogen-bond donors (Lipinski definition) is 2. The lowest BCUT2D eigenvalue weighted by Crippen LogP contribution is -2.18. The first kappa shape index (κ1) is 35.9. The molecule has 0 aliphatic rings. The molecule has 0 fully saturated rings. The summed E-state index contributed by atoms with van der Waals surface area (Å²) < 4.78 is 31.5. The largest absolute Gasteiger partial charge is 0.493 e. The van der Waals surface area contributed by atoms with Crippen LogP contribution in [0.15, 0.2) is 77.9 Å². The van der Waals surface area contributed by atoms with Crippen LogP contribution in [0.1, 0.15) is 43.6 Å². The molecular weight excluding hydrogens is 656 g/mol. The maximum Gasteiger partial charge on any atom is 0.343 e. The van der Waals surface area contributed by atoms with E-state index in [0.29, 0.717) is 22.9 Å². The van der Waals surface area contributed by atoms with Gasteiger partial charge >= 0.3 is 17.6 Å². The van der Waals surface area contributed by atoms with Gasteiger partial charge in [-0.3, -0.25) is 24.5 Å². The fourth-order valence-corrected chi connectivity index (χ4v) is 4.43. The zero-order chi connectivity index (χ0) is 36.4. The Morgan fingerprint density at radius 1 is 0.700 bits per heavy atom. The summed E-state index contributed by atoms with van der Waals surface area (Å²) in [5, 5.41) is 18.3. The Bertz CT molecular complexity index is 1950. The number of para-hydroxylation sites is 1. The highest BCUT2D eigenvalue weighted by Gasteiger charge is 2.23. The Morgan fingerprint density at radius 2 is 1.32 bits per heavy atom. The third-order valence-corrected chi connectivity index (χ3v) is 6.77. The van der Waals surface area contributed by atoms with E-state index in [1.165, 1.54) is 102 Å². The zero-order valence-electron chi connectivity index (χ0n) is 27.3. The Morgan fingerprint density at radius 3 is 1.90 bits per heavy atom. The first-order valence-electron chi connectivity index (χ1n) is 14.4. The average Bonchev–Trinajstić information content (AvgIpc) is 3.11. The highest BCUT2D eigenvalue weighted by atomic mass is 16.6. The number of carbonyl (C=O) groups excluding carboxylic acids is 4. The quantitative estimate of drug-likeness (QED) is 0.0641. The van der Waals surface area contributed by atoms with Gasteiger partial charge in [-0.15, -0.1) is 0 Å². The van der Waals surface area contributed by atoms with Crippen molar-refractivity contribution in [2.45, 2.75) is 6.92 Å². The predicted molar refractivity (Wildman–Crippen MR) is 178 cm³/mol. The van der Waals surface area contributed by atoms with Crippen molar-refractivity contribution in [2.75, 3.05) is 33.8 Å². The molecule has 2 N–H and O–H groups in total. The first-order valence-corrected chi connectivity index (χ1v) is 14.4. The van der Waals surface area contributed by atoms with Crippen LogP contribution in [0.2, 0.25) is 0 Å². The van der Waals surface area contributed by atoms with Crippen LogP contribution < -0.4 is 39.2 Å². The molecule has 0 saturated heterocycles. The number of anilines is 1. The second-order valence-corrected chi connectivity index (χ2v) is 9.95. The van der Waals surface area contributed by atoms with Crippen molar-refractivity contribution >= 4 is 41.3 Å². The lowest BCUT2D eigenvalue weighted by Gasteiger charge is -2.14. The molecule has 4 aromatic rings. The van der Waals surface area contributed by atoms with Gasteiger partial charge in [0.15, 0.2) is 23.0 Å². The van der Waals surface area contributed by atoms with Gasteiger partial charge in [-0.05, 0) is 60.7 Å². The van der Waals surface area contributed by atoms with Crippen molar-refractivity contribution in [1.29, 1.82) is 0 Å². The number of nitrogens with one attached hydrogen (secondary N) is 2. The summed E-state index contributed by atoms with van der Waals surface area (Å²) in [6, 6.07) is 16.6. The van der Waals surface area contributed by atoms with Crippen LogP contribution >= 0.6 is 0 Å². The number of rotatable bonds is 13. The summed E-state index contributed by atoms with van der Waals surface area (Å²) in [4.78, 5) is 61.0. The van der Waals surface area contributed by atoms with E-state index in [1.807, 2.05) is 0 Å². The topological polar surface area (TPSA) is 203 Å². The van der Waals surface area contributed by atoms with Crippen molar-refractivity contribution in [3.8, 4) is 34.5 Å². The third-order valence-electron chi connectivity index (χ3n) is 6.77. The minimum Gasteiger partial charge on any atom is -0.493 e. The van der Waals surface area contributed by atoms with Gasteiger partial charge in [0.1, 0.15) is 0 Å². The molecule has 0 atom stereocenters. The Balaban J connectivity index is 1.46. The van der Waals surface area contributed by atoms with Crippen LogP contribution in [0.25, 0.3) is 0 Å². The number of ether oxygens (including phenoxy) is 6. The van der Waals surface area contributed by atoms with Crippen LogP contribution in [-0.4, -0.2) is 63.3 Å². The van der Waals surface area contributed by atoms with E-state index in [0.717, 1.165) is 12.3 Å². The van der Waals surface area contributed by atoms with Crippen LogP contribution in [0.4, 0.5) is 11.4 Å². The van der Waals surface area contributed by atoms with Crippen molar-refractivity contribution in [3.63, 3.8) is 0 Å². The molecule has 16 heteroatoms. The minimum atomic E-state index is -0.983. The number of hydrogen-bond acceptors (Lipinski definition) is 13. The number of nitro groups is 1. The molecule has 258 valence electrons. The molecule has 0 spiro atoms. The summed E-state index contributed by atoms with van der Waals surface area (Å²) in [5.74, 6) is -2.11. The fourth-order valence-electron chi connectivity index (χ4n) is 4.43. The number of benzene rings is 4. The molecule has 4 aromatic carbocycles. The van der Waals surface area contributed by atoms with E-state index in [9.17, 15) is 29.3 Å². The lowest BCUT2D eigenvalue weighted by atomic mass is 10.1. The highest BCUT2D eigenvalue weighted by molar-refractivity contribution is 6.05. The first-order chi connectivity index (χ1) is 24.0. The van der Waals surface area contributed by atoms with Gasteiger partial charge < -0.3 is 33.7 Å². The number of nitrogens with zero attached hydrogens (tertiary/aromatic N) is 2. The Kier molecular flexibility index (Phi) is 11.6. The molecule has 16 nitrogen and oxygen atoms in total. The fraction of sp³-hybridized carbons (Fsp3) is 0.147. The summed E-state index contributed by atoms with van der Waals surface area (Å²) in [5.41, 5.74) is 2.49. The maximum atomic E-state index is 13.0. The average molecular weight is 687 g/mol.